The second-order valence-corrected chi connectivity index (χ2v) is 6.25. The van der Waals surface area contributed by atoms with Gasteiger partial charge in [-0.1, -0.05) is 31.9 Å². The first-order valence-electron chi connectivity index (χ1n) is 6.27. The van der Waals surface area contributed by atoms with Crippen LogP contribution in [0.15, 0.2) is 45.3 Å². The highest BCUT2D eigenvalue weighted by Gasteiger charge is 2.14. The van der Waals surface area contributed by atoms with E-state index in [1.165, 1.54) is 24.3 Å². The van der Waals surface area contributed by atoms with Crippen LogP contribution in [0.4, 0.5) is 20.2 Å². The molecule has 0 N–H and O–H groups in total. The van der Waals surface area contributed by atoms with Crippen LogP contribution in [-0.4, -0.2) is 16.1 Å². The van der Waals surface area contributed by atoms with Gasteiger partial charge in [0, 0.05) is 44.3 Å². The fraction of sp³-hybridized carbons (Fsp3) is 0.0714. The number of alkyl halides is 2. The molecule has 0 saturated carbocycles. The smallest absolute Gasteiger partial charge is 0.271 e. The summed E-state index contributed by atoms with van der Waals surface area (Å²) in [7, 11) is 0. The molecule has 0 aromatic heterocycles. The van der Waals surface area contributed by atoms with Gasteiger partial charge in [0.2, 0.25) is 0 Å². The molecule has 11 heteroatoms. The van der Waals surface area contributed by atoms with Crippen LogP contribution in [0.2, 0.25) is 0 Å². The summed E-state index contributed by atoms with van der Waals surface area (Å²) in [6, 6.07) is 7.25. The maximum Gasteiger partial charge on any atom is 0.271 e. The second-order valence-electron chi connectivity index (χ2n) is 4.42. The molecule has 0 heterocycles. The molecule has 2 rings (SSSR count). The Morgan fingerprint density at radius 3 is 1.80 bits per heavy atom. The molecule has 0 atom stereocenters. The van der Waals surface area contributed by atoms with Crippen LogP contribution in [0.3, 0.4) is 0 Å². The average Bonchev–Trinajstić information content (AvgIpc) is 2.54. The Labute approximate surface area is 156 Å². The molecule has 132 valence electrons. The average molecular weight is 482 g/mol. The van der Waals surface area contributed by atoms with Crippen molar-refractivity contribution in [3.8, 4) is 0 Å². The van der Waals surface area contributed by atoms with Gasteiger partial charge in [0.15, 0.2) is 0 Å². The zero-order chi connectivity index (χ0) is 19.1. The first-order chi connectivity index (χ1) is 11.6. The number of hydrogen-bond donors (Lipinski definition) is 0. The largest absolute Gasteiger partial charge is 0.298 e. The summed E-state index contributed by atoms with van der Waals surface area (Å²) < 4.78 is 25.1. The Morgan fingerprint density at radius 2 is 1.36 bits per heavy atom. The molecule has 0 aliphatic rings. The third-order valence-corrected chi connectivity index (χ3v) is 3.54. The number of aldehydes is 1. The molecule has 0 amide bonds. The maximum atomic E-state index is 12.1. The normalized spacial score (nSPS) is 9.96. The summed E-state index contributed by atoms with van der Waals surface area (Å²) in [6.45, 7) is 0. The molecule has 0 aliphatic carbocycles. The zero-order valence-corrected chi connectivity index (χ0v) is 15.2. The lowest BCUT2D eigenvalue weighted by Crippen LogP contribution is -1.91. The van der Waals surface area contributed by atoms with Crippen molar-refractivity contribution in [1.29, 1.82) is 0 Å². The van der Waals surface area contributed by atoms with Crippen LogP contribution < -0.4 is 0 Å². The number of benzene rings is 2. The molecular weight excluding hydrogens is 474 g/mol. The van der Waals surface area contributed by atoms with Crippen molar-refractivity contribution >= 4 is 49.5 Å². The fourth-order valence-corrected chi connectivity index (χ4v) is 2.60. The first-order valence-corrected chi connectivity index (χ1v) is 7.86. The summed E-state index contributed by atoms with van der Waals surface area (Å²) in [5, 5.41) is 20.6. The molecule has 0 spiro atoms. The minimum absolute atomic E-state index is 0.0912. The lowest BCUT2D eigenvalue weighted by Gasteiger charge is -1.99. The van der Waals surface area contributed by atoms with Crippen LogP contribution >= 0.6 is 31.9 Å². The van der Waals surface area contributed by atoms with Crippen molar-refractivity contribution < 1.29 is 23.4 Å². The van der Waals surface area contributed by atoms with Crippen LogP contribution in [0, 0.1) is 20.2 Å². The molecule has 7 nitrogen and oxygen atoms in total. The minimum Gasteiger partial charge on any atom is -0.298 e. The number of non-ortho nitro benzene ring substituents is 2. The van der Waals surface area contributed by atoms with Crippen LogP contribution in [-0.2, 0) is 0 Å². The van der Waals surface area contributed by atoms with Gasteiger partial charge in [0.1, 0.15) is 6.29 Å². The van der Waals surface area contributed by atoms with E-state index in [0.717, 1.165) is 12.1 Å². The molecule has 2 aromatic rings. The monoisotopic (exact) mass is 480 g/mol. The van der Waals surface area contributed by atoms with E-state index >= 15 is 0 Å². The van der Waals surface area contributed by atoms with Gasteiger partial charge in [-0.3, -0.25) is 25.0 Å². The van der Waals surface area contributed by atoms with E-state index in [2.05, 4.69) is 31.9 Å². The molecule has 0 unspecified atom stereocenters. The molecule has 0 aliphatic heterocycles. The highest BCUT2D eigenvalue weighted by atomic mass is 79.9. The van der Waals surface area contributed by atoms with Gasteiger partial charge in [-0.05, 0) is 12.1 Å². The fourth-order valence-electron chi connectivity index (χ4n) is 1.60. The Bertz CT molecular complexity index is 818. The molecule has 0 radical (unpaired) electrons. The Morgan fingerprint density at radius 1 is 0.880 bits per heavy atom. The van der Waals surface area contributed by atoms with Crippen molar-refractivity contribution in [3.05, 3.63) is 76.7 Å². The lowest BCUT2D eigenvalue weighted by molar-refractivity contribution is -0.385. The van der Waals surface area contributed by atoms with Crippen LogP contribution in [0.25, 0.3) is 0 Å². The Kier molecular flexibility index (Phi) is 7.71. The van der Waals surface area contributed by atoms with Gasteiger partial charge in [0.25, 0.3) is 17.8 Å². The topological polar surface area (TPSA) is 103 Å². The molecule has 25 heavy (non-hydrogen) atoms. The number of hydrogen-bond acceptors (Lipinski definition) is 5. The van der Waals surface area contributed by atoms with Gasteiger partial charge >= 0.3 is 0 Å². The summed E-state index contributed by atoms with van der Waals surface area (Å²) in [6.07, 6.45) is -2.13. The lowest BCUT2D eigenvalue weighted by atomic mass is 10.2. The molecule has 0 saturated heterocycles. The molecule has 0 fully saturated rings. The maximum absolute atomic E-state index is 12.1. The minimum atomic E-state index is -2.70. The molecular formula is C14H8Br2F2N2O5. The van der Waals surface area contributed by atoms with Crippen molar-refractivity contribution in [2.24, 2.45) is 0 Å². The van der Waals surface area contributed by atoms with Gasteiger partial charge in [-0.15, -0.1) is 0 Å². The predicted molar refractivity (Wildman–Crippen MR) is 91.9 cm³/mol. The summed E-state index contributed by atoms with van der Waals surface area (Å²) >= 11 is 5.97. The van der Waals surface area contributed by atoms with E-state index in [1.807, 2.05) is 0 Å². The summed E-state index contributed by atoms with van der Waals surface area (Å²) in [5.41, 5.74) is -0.506. The van der Waals surface area contributed by atoms with Crippen molar-refractivity contribution in [3.63, 3.8) is 0 Å². The van der Waals surface area contributed by atoms with E-state index in [1.54, 1.807) is 0 Å². The predicted octanol–water partition coefficient (Wildman–Crippen LogP) is 5.46. The number of carbonyl (C=O) groups excluding carboxylic acids is 1. The second kappa shape index (κ2) is 9.28. The number of carbonyl (C=O) groups is 1. The quantitative estimate of drug-likeness (QED) is 0.327. The van der Waals surface area contributed by atoms with Crippen molar-refractivity contribution in [1.82, 2.24) is 0 Å². The third-order valence-electron chi connectivity index (χ3n) is 2.62. The summed E-state index contributed by atoms with van der Waals surface area (Å²) in [5.74, 6) is 0. The standard InChI is InChI=1S/C7H4BrF2NO2.C7H4BrNO3/c8-5-1-4(7(9)10)2-6(3-5)11(12)13;8-6-1-5(4-10)2-7(3-6)9(11)12/h1-3,7H;1-4H. The van der Waals surface area contributed by atoms with Gasteiger partial charge in [-0.25, -0.2) is 8.78 Å². The van der Waals surface area contributed by atoms with Crippen molar-refractivity contribution in [2.45, 2.75) is 6.43 Å². The van der Waals surface area contributed by atoms with E-state index in [0.29, 0.717) is 10.8 Å². The van der Waals surface area contributed by atoms with E-state index in [4.69, 9.17) is 0 Å². The van der Waals surface area contributed by atoms with E-state index in [9.17, 15) is 33.8 Å². The van der Waals surface area contributed by atoms with Gasteiger partial charge in [-0.2, -0.15) is 0 Å². The van der Waals surface area contributed by atoms with Crippen molar-refractivity contribution in [2.75, 3.05) is 0 Å². The Balaban J connectivity index is 0.000000251. The number of rotatable bonds is 4. The van der Waals surface area contributed by atoms with E-state index < -0.39 is 16.3 Å². The zero-order valence-electron chi connectivity index (χ0n) is 12.1. The number of nitro groups is 2. The Hall–Kier alpha value is -2.27. The highest BCUT2D eigenvalue weighted by molar-refractivity contribution is 9.10. The van der Waals surface area contributed by atoms with Gasteiger partial charge < -0.3 is 0 Å². The van der Waals surface area contributed by atoms with Gasteiger partial charge in [0.05, 0.1) is 9.85 Å². The van der Waals surface area contributed by atoms with Crippen LogP contribution in [0.5, 0.6) is 0 Å². The molecule has 0 bridgehead atoms. The van der Waals surface area contributed by atoms with Crippen LogP contribution in [0.1, 0.15) is 22.3 Å². The first kappa shape index (κ1) is 20.8. The SMILES string of the molecule is O=Cc1cc(Br)cc([N+](=O)[O-])c1.O=[N+]([O-])c1cc(Br)cc(C(F)F)c1. The van der Waals surface area contributed by atoms with E-state index in [-0.39, 0.29) is 27.0 Å². The highest BCUT2D eigenvalue weighted by Crippen LogP contribution is 2.27. The third kappa shape index (κ3) is 6.63. The molecule has 2 aromatic carbocycles. The summed E-state index contributed by atoms with van der Waals surface area (Å²) in [4.78, 5) is 29.6. The number of halogens is 4. The number of nitro benzene ring substituents is 2. The number of nitrogens with zero attached hydrogens (tertiary/aromatic N) is 2.